The summed E-state index contributed by atoms with van der Waals surface area (Å²) in [7, 11) is 0. The molecule has 0 fully saturated rings. The van der Waals surface area contributed by atoms with Crippen LogP contribution in [-0.4, -0.2) is 31.4 Å². The molecule has 28 heavy (non-hydrogen) atoms. The first-order valence-corrected chi connectivity index (χ1v) is 9.46. The van der Waals surface area contributed by atoms with Gasteiger partial charge in [-0.05, 0) is 32.0 Å². The molecule has 1 amide bonds. The fourth-order valence-electron chi connectivity index (χ4n) is 2.75. The first-order valence-electron chi connectivity index (χ1n) is 8.48. The van der Waals surface area contributed by atoms with Gasteiger partial charge >= 0.3 is 0 Å². The Morgan fingerprint density at radius 2 is 2.21 bits per heavy atom. The van der Waals surface area contributed by atoms with Gasteiger partial charge in [-0.25, -0.2) is 4.98 Å². The van der Waals surface area contributed by atoms with Gasteiger partial charge in [0.25, 0.3) is 5.56 Å². The van der Waals surface area contributed by atoms with Crippen molar-refractivity contribution in [3.05, 3.63) is 58.1 Å². The number of nitrogens with zero attached hydrogens (tertiary/aromatic N) is 3. The van der Waals surface area contributed by atoms with Gasteiger partial charge in [0.15, 0.2) is 11.0 Å². The summed E-state index contributed by atoms with van der Waals surface area (Å²) >= 11 is 1.17. The SMILES string of the molecule is Cc1cc2nc(SCC(=O)Nc3cc(C)on3)n(Cc3ccco3)c(=O)c2[nH]1. The molecule has 0 aromatic carbocycles. The van der Waals surface area contributed by atoms with Crippen molar-refractivity contribution >= 4 is 34.5 Å². The van der Waals surface area contributed by atoms with Gasteiger partial charge in [-0.3, -0.25) is 14.2 Å². The highest BCUT2D eigenvalue weighted by atomic mass is 32.2. The Hall–Kier alpha value is -3.27. The van der Waals surface area contributed by atoms with Crippen LogP contribution in [0.5, 0.6) is 0 Å². The van der Waals surface area contributed by atoms with Crippen LogP contribution in [0.25, 0.3) is 11.0 Å². The van der Waals surface area contributed by atoms with Gasteiger partial charge in [0.1, 0.15) is 17.0 Å². The molecule has 4 aromatic heterocycles. The second-order valence-corrected chi connectivity index (χ2v) is 7.18. The number of amides is 1. The van der Waals surface area contributed by atoms with E-state index >= 15 is 0 Å². The number of hydrogen-bond donors (Lipinski definition) is 2. The number of carbonyl (C=O) groups excluding carboxylic acids is 1. The summed E-state index contributed by atoms with van der Waals surface area (Å²) in [5.74, 6) is 1.36. The normalized spacial score (nSPS) is 11.2. The molecule has 0 aliphatic rings. The van der Waals surface area contributed by atoms with E-state index in [0.717, 1.165) is 5.69 Å². The molecule has 0 saturated carbocycles. The average molecular weight is 399 g/mol. The Kier molecular flexibility index (Phi) is 4.78. The summed E-state index contributed by atoms with van der Waals surface area (Å²) in [6, 6.07) is 6.97. The third-order valence-corrected chi connectivity index (χ3v) is 4.94. The second kappa shape index (κ2) is 7.39. The van der Waals surface area contributed by atoms with E-state index in [4.69, 9.17) is 8.94 Å². The molecule has 0 spiro atoms. The molecule has 144 valence electrons. The number of rotatable bonds is 6. The third kappa shape index (κ3) is 3.72. The molecule has 0 radical (unpaired) electrons. The molecule has 4 heterocycles. The number of nitrogens with one attached hydrogen (secondary N) is 2. The van der Waals surface area contributed by atoms with Crippen molar-refractivity contribution in [2.24, 2.45) is 0 Å². The van der Waals surface area contributed by atoms with Crippen LogP contribution in [0.2, 0.25) is 0 Å². The lowest BCUT2D eigenvalue weighted by Crippen LogP contribution is -2.24. The molecule has 0 atom stereocenters. The van der Waals surface area contributed by atoms with Gasteiger partial charge in [-0.2, -0.15) is 0 Å². The monoisotopic (exact) mass is 399 g/mol. The number of furan rings is 1. The molecule has 0 saturated heterocycles. The van der Waals surface area contributed by atoms with Gasteiger partial charge < -0.3 is 19.2 Å². The highest BCUT2D eigenvalue weighted by molar-refractivity contribution is 7.99. The van der Waals surface area contributed by atoms with Gasteiger partial charge in [0, 0.05) is 11.8 Å². The van der Waals surface area contributed by atoms with E-state index in [1.807, 2.05) is 6.92 Å². The Morgan fingerprint density at radius 3 is 2.93 bits per heavy atom. The topological polar surface area (TPSA) is 119 Å². The predicted molar refractivity (Wildman–Crippen MR) is 103 cm³/mol. The van der Waals surface area contributed by atoms with Crippen LogP contribution in [-0.2, 0) is 11.3 Å². The smallest absolute Gasteiger partial charge is 0.278 e. The zero-order valence-corrected chi connectivity index (χ0v) is 16.0. The highest BCUT2D eigenvalue weighted by Gasteiger charge is 2.16. The Bertz CT molecular complexity index is 1190. The minimum Gasteiger partial charge on any atom is -0.467 e. The first-order chi connectivity index (χ1) is 13.5. The number of aromatic amines is 1. The summed E-state index contributed by atoms with van der Waals surface area (Å²) < 4.78 is 11.8. The molecule has 0 aliphatic carbocycles. The number of carbonyl (C=O) groups is 1. The van der Waals surface area contributed by atoms with E-state index in [-0.39, 0.29) is 23.8 Å². The average Bonchev–Trinajstić information content (AvgIpc) is 3.38. The first kappa shape index (κ1) is 18.1. The van der Waals surface area contributed by atoms with E-state index in [9.17, 15) is 9.59 Å². The van der Waals surface area contributed by atoms with E-state index in [1.165, 1.54) is 16.3 Å². The summed E-state index contributed by atoms with van der Waals surface area (Å²) in [6.45, 7) is 3.82. The van der Waals surface area contributed by atoms with Crippen LogP contribution in [0.15, 0.2) is 49.4 Å². The molecular weight excluding hydrogens is 382 g/mol. The molecule has 4 aromatic rings. The van der Waals surface area contributed by atoms with Gasteiger partial charge in [0.2, 0.25) is 5.91 Å². The molecule has 10 heteroatoms. The maximum Gasteiger partial charge on any atom is 0.278 e. The number of H-pyrrole nitrogens is 1. The van der Waals surface area contributed by atoms with E-state index < -0.39 is 0 Å². The zero-order chi connectivity index (χ0) is 19.7. The largest absolute Gasteiger partial charge is 0.467 e. The Balaban J connectivity index is 1.60. The van der Waals surface area contributed by atoms with Crippen molar-refractivity contribution in [2.45, 2.75) is 25.5 Å². The molecule has 0 aliphatic heterocycles. The van der Waals surface area contributed by atoms with Gasteiger partial charge in [0.05, 0.1) is 24.1 Å². The fraction of sp³-hybridized carbons (Fsp3) is 0.222. The van der Waals surface area contributed by atoms with Crippen molar-refractivity contribution in [3.8, 4) is 0 Å². The molecule has 2 N–H and O–H groups in total. The fourth-order valence-corrected chi connectivity index (χ4v) is 3.55. The van der Waals surface area contributed by atoms with Crippen LogP contribution in [0.4, 0.5) is 5.82 Å². The number of fused-ring (bicyclic) bond motifs is 1. The summed E-state index contributed by atoms with van der Waals surface area (Å²) in [4.78, 5) is 32.8. The van der Waals surface area contributed by atoms with Crippen LogP contribution in [0.3, 0.4) is 0 Å². The van der Waals surface area contributed by atoms with E-state index in [0.29, 0.717) is 33.5 Å². The quantitative estimate of drug-likeness (QED) is 0.378. The van der Waals surface area contributed by atoms with E-state index in [1.54, 1.807) is 37.5 Å². The van der Waals surface area contributed by atoms with Crippen molar-refractivity contribution in [1.82, 2.24) is 19.7 Å². The summed E-state index contributed by atoms with van der Waals surface area (Å²) in [6.07, 6.45) is 1.55. The van der Waals surface area contributed by atoms with Crippen molar-refractivity contribution in [2.75, 3.05) is 11.1 Å². The van der Waals surface area contributed by atoms with Crippen LogP contribution in [0.1, 0.15) is 17.2 Å². The number of hydrogen-bond acceptors (Lipinski definition) is 7. The molecule has 4 rings (SSSR count). The van der Waals surface area contributed by atoms with Crippen molar-refractivity contribution < 1.29 is 13.7 Å². The van der Waals surface area contributed by atoms with Crippen LogP contribution < -0.4 is 10.9 Å². The summed E-state index contributed by atoms with van der Waals surface area (Å²) in [5, 5.41) is 6.81. The summed E-state index contributed by atoms with van der Waals surface area (Å²) in [5.41, 5.74) is 1.61. The van der Waals surface area contributed by atoms with Crippen LogP contribution in [0, 0.1) is 13.8 Å². The lowest BCUT2D eigenvalue weighted by atomic mass is 10.4. The molecule has 9 nitrogen and oxygen atoms in total. The minimum atomic E-state index is -0.276. The Morgan fingerprint density at radius 1 is 1.36 bits per heavy atom. The Labute approximate surface area is 163 Å². The number of thioether (sulfide) groups is 1. The molecule has 0 unspecified atom stereocenters. The van der Waals surface area contributed by atoms with E-state index in [2.05, 4.69) is 20.4 Å². The predicted octanol–water partition coefficient (Wildman–Crippen LogP) is 2.70. The van der Waals surface area contributed by atoms with Crippen molar-refractivity contribution in [1.29, 1.82) is 0 Å². The maximum atomic E-state index is 12.9. The van der Waals surface area contributed by atoms with Crippen LogP contribution >= 0.6 is 11.8 Å². The number of aryl methyl sites for hydroxylation is 2. The number of anilines is 1. The second-order valence-electron chi connectivity index (χ2n) is 6.24. The lowest BCUT2D eigenvalue weighted by Gasteiger charge is -2.10. The third-order valence-electron chi connectivity index (χ3n) is 3.96. The zero-order valence-electron chi connectivity index (χ0n) is 15.2. The highest BCUT2D eigenvalue weighted by Crippen LogP contribution is 2.20. The lowest BCUT2D eigenvalue weighted by molar-refractivity contribution is -0.113. The van der Waals surface area contributed by atoms with Crippen molar-refractivity contribution in [3.63, 3.8) is 0 Å². The number of aromatic nitrogens is 4. The minimum absolute atomic E-state index is 0.0609. The van der Waals surface area contributed by atoms with Gasteiger partial charge in [-0.15, -0.1) is 0 Å². The standard InChI is InChI=1S/C18H17N5O4S/c1-10-6-13-16(19-10)17(25)23(8-12-4-3-5-26-12)18(20-13)28-9-15(24)21-14-7-11(2)27-22-14/h3-7,19H,8-9H2,1-2H3,(H,21,22,24). The van der Waals surface area contributed by atoms with Gasteiger partial charge in [-0.1, -0.05) is 16.9 Å². The molecule has 0 bridgehead atoms. The maximum absolute atomic E-state index is 12.9. The molecular formula is C18H17N5O4S.